The minimum Gasteiger partial charge on any atom is -0.330 e. The first-order valence-electron chi connectivity index (χ1n) is 6.95. The van der Waals surface area contributed by atoms with Gasteiger partial charge in [-0.2, -0.15) is 0 Å². The van der Waals surface area contributed by atoms with Gasteiger partial charge in [0.25, 0.3) is 0 Å². The molecule has 0 unspecified atom stereocenters. The van der Waals surface area contributed by atoms with Crippen molar-refractivity contribution in [2.45, 2.75) is 13.3 Å². The summed E-state index contributed by atoms with van der Waals surface area (Å²) in [5.74, 6) is 0. The van der Waals surface area contributed by atoms with Crippen molar-refractivity contribution in [3.63, 3.8) is 0 Å². The molecule has 0 radical (unpaired) electrons. The van der Waals surface area contributed by atoms with E-state index in [1.807, 2.05) is 12.1 Å². The van der Waals surface area contributed by atoms with Gasteiger partial charge >= 0.3 is 0 Å². The van der Waals surface area contributed by atoms with Crippen LogP contribution >= 0.6 is 11.3 Å². The Bertz CT molecular complexity index is 735. The van der Waals surface area contributed by atoms with Gasteiger partial charge in [0.15, 0.2) is 0 Å². The molecule has 0 saturated carbocycles. The van der Waals surface area contributed by atoms with Crippen molar-refractivity contribution < 1.29 is 0 Å². The van der Waals surface area contributed by atoms with E-state index in [1.165, 1.54) is 16.0 Å². The highest BCUT2D eigenvalue weighted by atomic mass is 32.1. The van der Waals surface area contributed by atoms with Crippen LogP contribution in [-0.2, 0) is 6.42 Å². The van der Waals surface area contributed by atoms with Gasteiger partial charge in [-0.3, -0.25) is 4.98 Å². The maximum atomic E-state index is 5.75. The third kappa shape index (κ3) is 3.01. The summed E-state index contributed by atoms with van der Waals surface area (Å²) in [6.07, 6.45) is 4.45. The van der Waals surface area contributed by atoms with Crippen LogP contribution in [0.2, 0.25) is 0 Å². The highest BCUT2D eigenvalue weighted by Gasteiger charge is 2.13. The lowest BCUT2D eigenvalue weighted by Crippen LogP contribution is -2.02. The number of nitrogens with zero attached hydrogens (tertiary/aromatic N) is 2. The van der Waals surface area contributed by atoms with Gasteiger partial charge in [0.05, 0.1) is 5.69 Å². The highest BCUT2D eigenvalue weighted by Crippen LogP contribution is 2.34. The molecule has 3 rings (SSSR count). The average Bonchev–Trinajstić information content (AvgIpc) is 2.93. The van der Waals surface area contributed by atoms with Crippen molar-refractivity contribution in [2.75, 3.05) is 6.54 Å². The molecule has 21 heavy (non-hydrogen) atoms. The summed E-state index contributed by atoms with van der Waals surface area (Å²) in [5, 5.41) is 1.05. The van der Waals surface area contributed by atoms with Gasteiger partial charge in [0.2, 0.25) is 0 Å². The van der Waals surface area contributed by atoms with E-state index in [9.17, 15) is 0 Å². The monoisotopic (exact) mass is 295 g/mol. The number of nitrogens with two attached hydrogens (primary N) is 1. The second-order valence-corrected chi connectivity index (χ2v) is 6.02. The Balaban J connectivity index is 2.08. The number of aromatic nitrogens is 2. The Hall–Kier alpha value is -2.04. The normalized spacial score (nSPS) is 10.8. The average molecular weight is 295 g/mol. The van der Waals surface area contributed by atoms with Crippen LogP contribution in [0.3, 0.4) is 0 Å². The number of rotatable bonds is 4. The fourth-order valence-electron chi connectivity index (χ4n) is 2.29. The van der Waals surface area contributed by atoms with Crippen LogP contribution < -0.4 is 5.73 Å². The fraction of sp³-hybridized carbons (Fsp3) is 0.176. The van der Waals surface area contributed by atoms with Crippen LogP contribution in [0.25, 0.3) is 21.8 Å². The minimum absolute atomic E-state index is 0.632. The van der Waals surface area contributed by atoms with E-state index < -0.39 is 0 Å². The zero-order valence-corrected chi connectivity index (χ0v) is 12.7. The second kappa shape index (κ2) is 6.16. The maximum Gasteiger partial charge on any atom is 0.124 e. The molecule has 0 amide bonds. The molecule has 106 valence electrons. The van der Waals surface area contributed by atoms with E-state index in [-0.39, 0.29) is 0 Å². The third-order valence-electron chi connectivity index (χ3n) is 3.29. The van der Waals surface area contributed by atoms with Crippen molar-refractivity contribution >= 4 is 11.3 Å². The Morgan fingerprint density at radius 1 is 1.10 bits per heavy atom. The van der Waals surface area contributed by atoms with Crippen LogP contribution in [-0.4, -0.2) is 16.5 Å². The maximum absolute atomic E-state index is 5.75. The molecule has 4 heteroatoms. The second-order valence-electron chi connectivity index (χ2n) is 4.93. The van der Waals surface area contributed by atoms with E-state index in [0.29, 0.717) is 6.54 Å². The number of hydrogen-bond donors (Lipinski definition) is 1. The first-order valence-corrected chi connectivity index (χ1v) is 7.77. The molecule has 0 spiro atoms. The van der Waals surface area contributed by atoms with Crippen molar-refractivity contribution in [3.05, 3.63) is 59.2 Å². The van der Waals surface area contributed by atoms with Crippen molar-refractivity contribution in [1.29, 1.82) is 0 Å². The number of benzene rings is 1. The summed E-state index contributed by atoms with van der Waals surface area (Å²) in [5.41, 5.74) is 10.3. The van der Waals surface area contributed by atoms with E-state index in [0.717, 1.165) is 22.7 Å². The van der Waals surface area contributed by atoms with Gasteiger partial charge in [-0.15, -0.1) is 11.3 Å². The lowest BCUT2D eigenvalue weighted by Gasteiger charge is -1.99. The SMILES string of the molecule is Cc1cccc(-c2nc(-c3ccncc3)c(CCN)s2)c1. The quantitative estimate of drug-likeness (QED) is 0.798. The first-order chi connectivity index (χ1) is 10.3. The molecule has 0 bridgehead atoms. The molecular formula is C17H17N3S. The molecule has 0 aliphatic heterocycles. The fourth-order valence-corrected chi connectivity index (χ4v) is 3.38. The molecule has 1 aromatic carbocycles. The van der Waals surface area contributed by atoms with Crippen molar-refractivity contribution in [1.82, 2.24) is 9.97 Å². The number of thiazole rings is 1. The number of hydrogen-bond acceptors (Lipinski definition) is 4. The largest absolute Gasteiger partial charge is 0.330 e. The van der Waals surface area contributed by atoms with Gasteiger partial charge in [0.1, 0.15) is 5.01 Å². The first kappa shape index (κ1) is 13.9. The highest BCUT2D eigenvalue weighted by molar-refractivity contribution is 7.15. The molecule has 0 aliphatic carbocycles. The van der Waals surface area contributed by atoms with Gasteiger partial charge < -0.3 is 5.73 Å². The molecule has 2 heterocycles. The Labute approximate surface area is 128 Å². The summed E-state index contributed by atoms with van der Waals surface area (Å²) in [4.78, 5) is 10.2. The van der Waals surface area contributed by atoms with Gasteiger partial charge in [0, 0.05) is 28.4 Å². The van der Waals surface area contributed by atoms with Crippen LogP contribution in [0.15, 0.2) is 48.8 Å². The predicted molar refractivity (Wildman–Crippen MR) is 88.3 cm³/mol. The number of aryl methyl sites for hydroxylation is 1. The zero-order valence-electron chi connectivity index (χ0n) is 11.9. The molecule has 2 N–H and O–H groups in total. The van der Waals surface area contributed by atoms with E-state index >= 15 is 0 Å². The lowest BCUT2D eigenvalue weighted by atomic mass is 10.1. The van der Waals surface area contributed by atoms with Crippen molar-refractivity contribution in [3.8, 4) is 21.8 Å². The zero-order chi connectivity index (χ0) is 14.7. The topological polar surface area (TPSA) is 51.8 Å². The lowest BCUT2D eigenvalue weighted by molar-refractivity contribution is 0.986. The molecular weight excluding hydrogens is 278 g/mol. The Kier molecular flexibility index (Phi) is 4.08. The standard InChI is InChI=1S/C17H17N3S/c1-12-3-2-4-14(11-12)17-20-16(15(21-17)5-8-18)13-6-9-19-10-7-13/h2-4,6-7,9-11H,5,8,18H2,1H3. The molecule has 0 atom stereocenters. The van der Waals surface area contributed by atoms with E-state index in [1.54, 1.807) is 23.7 Å². The molecule has 2 aromatic heterocycles. The van der Waals surface area contributed by atoms with Crippen molar-refractivity contribution in [2.24, 2.45) is 5.73 Å². The van der Waals surface area contributed by atoms with E-state index in [2.05, 4.69) is 36.2 Å². The van der Waals surface area contributed by atoms with E-state index in [4.69, 9.17) is 10.7 Å². The van der Waals surface area contributed by atoms with Crippen LogP contribution in [0, 0.1) is 6.92 Å². The van der Waals surface area contributed by atoms with Gasteiger partial charge in [-0.05, 0) is 38.1 Å². The molecule has 3 aromatic rings. The minimum atomic E-state index is 0.632. The molecule has 3 nitrogen and oxygen atoms in total. The molecule has 0 aliphatic rings. The Morgan fingerprint density at radius 2 is 1.90 bits per heavy atom. The predicted octanol–water partition coefficient (Wildman–Crippen LogP) is 3.68. The number of pyridine rings is 1. The summed E-state index contributed by atoms with van der Waals surface area (Å²) < 4.78 is 0. The summed E-state index contributed by atoms with van der Waals surface area (Å²) in [6.45, 7) is 2.73. The third-order valence-corrected chi connectivity index (χ3v) is 4.45. The molecule has 0 fully saturated rings. The van der Waals surface area contributed by atoms with Crippen LogP contribution in [0.4, 0.5) is 0 Å². The van der Waals surface area contributed by atoms with Gasteiger partial charge in [-0.1, -0.05) is 23.8 Å². The Morgan fingerprint density at radius 3 is 2.62 bits per heavy atom. The van der Waals surface area contributed by atoms with Gasteiger partial charge in [-0.25, -0.2) is 4.98 Å². The smallest absolute Gasteiger partial charge is 0.124 e. The summed E-state index contributed by atoms with van der Waals surface area (Å²) in [7, 11) is 0. The summed E-state index contributed by atoms with van der Waals surface area (Å²) >= 11 is 1.73. The van der Waals surface area contributed by atoms with Crippen LogP contribution in [0.1, 0.15) is 10.4 Å². The molecule has 0 saturated heterocycles. The van der Waals surface area contributed by atoms with Crippen LogP contribution in [0.5, 0.6) is 0 Å². The summed E-state index contributed by atoms with van der Waals surface area (Å²) in [6, 6.07) is 12.4.